The number of piperidine rings is 1. The third kappa shape index (κ3) is 3.08. The molecule has 0 spiro atoms. The van der Waals surface area contributed by atoms with Gasteiger partial charge in [-0.2, -0.15) is 0 Å². The Morgan fingerprint density at radius 3 is 2.62 bits per heavy atom. The Morgan fingerprint density at radius 1 is 1.17 bits per heavy atom. The van der Waals surface area contributed by atoms with Crippen molar-refractivity contribution in [2.75, 3.05) is 13.1 Å². The second-order valence-corrected chi connectivity index (χ2v) is 7.98. The smallest absolute Gasteiger partial charge is 0.255 e. The van der Waals surface area contributed by atoms with E-state index in [1.165, 1.54) is 25.7 Å². The van der Waals surface area contributed by atoms with E-state index >= 15 is 0 Å². The number of likely N-dealkylation sites (tertiary alicyclic amines) is 1. The molecular weight excluding hydrogens is 300 g/mol. The molecule has 2 saturated carbocycles. The molecule has 4 rings (SSSR count). The summed E-state index contributed by atoms with van der Waals surface area (Å²) in [5.74, 6) is 1.45. The molecule has 1 amide bonds. The predicted molar refractivity (Wildman–Crippen MR) is 92.9 cm³/mol. The SMILES string of the molecule is Cc1ccc(C(=O)N2CC[C@H](O)[C@@H](C3CCCC3)C2)c(C2CC2)n1. The van der Waals surface area contributed by atoms with Gasteiger partial charge < -0.3 is 10.0 Å². The molecular formula is C20H28N2O2. The highest BCUT2D eigenvalue weighted by molar-refractivity contribution is 5.95. The molecule has 4 nitrogen and oxygen atoms in total. The van der Waals surface area contributed by atoms with E-state index in [1.807, 2.05) is 24.0 Å². The Kier molecular flexibility index (Phi) is 4.33. The molecule has 24 heavy (non-hydrogen) atoms. The summed E-state index contributed by atoms with van der Waals surface area (Å²) in [4.78, 5) is 19.8. The number of rotatable bonds is 3. The number of amides is 1. The molecule has 0 bridgehead atoms. The van der Waals surface area contributed by atoms with Gasteiger partial charge in [0.25, 0.3) is 5.91 Å². The van der Waals surface area contributed by atoms with Crippen molar-refractivity contribution in [1.29, 1.82) is 0 Å². The molecule has 1 aromatic heterocycles. The lowest BCUT2D eigenvalue weighted by molar-refractivity contribution is 0.00296. The van der Waals surface area contributed by atoms with Crippen molar-refractivity contribution < 1.29 is 9.90 Å². The fraction of sp³-hybridized carbons (Fsp3) is 0.700. The van der Waals surface area contributed by atoms with Crippen molar-refractivity contribution in [3.8, 4) is 0 Å². The van der Waals surface area contributed by atoms with Gasteiger partial charge in [-0.15, -0.1) is 0 Å². The molecule has 2 atom stereocenters. The number of pyridine rings is 1. The zero-order valence-electron chi connectivity index (χ0n) is 14.6. The van der Waals surface area contributed by atoms with E-state index in [1.54, 1.807) is 0 Å². The lowest BCUT2D eigenvalue weighted by Crippen LogP contribution is -2.48. The number of aliphatic hydroxyl groups is 1. The molecule has 2 heterocycles. The first kappa shape index (κ1) is 16.1. The summed E-state index contributed by atoms with van der Waals surface area (Å²) in [5, 5.41) is 10.4. The fourth-order valence-electron chi connectivity index (χ4n) is 4.60. The number of hydrogen-bond acceptors (Lipinski definition) is 3. The molecule has 1 aliphatic heterocycles. The second-order valence-electron chi connectivity index (χ2n) is 7.98. The van der Waals surface area contributed by atoms with E-state index in [9.17, 15) is 9.90 Å². The van der Waals surface area contributed by atoms with Gasteiger partial charge >= 0.3 is 0 Å². The molecule has 3 aliphatic rings. The van der Waals surface area contributed by atoms with Crippen molar-refractivity contribution in [2.45, 2.75) is 63.9 Å². The van der Waals surface area contributed by atoms with E-state index in [2.05, 4.69) is 4.98 Å². The quantitative estimate of drug-likeness (QED) is 0.926. The van der Waals surface area contributed by atoms with Crippen molar-refractivity contribution >= 4 is 5.91 Å². The van der Waals surface area contributed by atoms with E-state index in [4.69, 9.17) is 0 Å². The number of carbonyl (C=O) groups is 1. The van der Waals surface area contributed by atoms with E-state index in [0.717, 1.165) is 29.8 Å². The first-order valence-electron chi connectivity index (χ1n) is 9.58. The largest absolute Gasteiger partial charge is 0.393 e. The number of nitrogens with zero attached hydrogens (tertiary/aromatic N) is 2. The van der Waals surface area contributed by atoms with Crippen LogP contribution in [0.5, 0.6) is 0 Å². The zero-order chi connectivity index (χ0) is 16.7. The minimum Gasteiger partial charge on any atom is -0.393 e. The molecule has 1 aromatic rings. The van der Waals surface area contributed by atoms with Crippen molar-refractivity contribution in [1.82, 2.24) is 9.88 Å². The lowest BCUT2D eigenvalue weighted by atomic mass is 9.82. The average Bonchev–Trinajstić information content (AvgIpc) is 3.29. The van der Waals surface area contributed by atoms with Gasteiger partial charge in [0.15, 0.2) is 0 Å². The first-order valence-corrected chi connectivity index (χ1v) is 9.58. The summed E-state index contributed by atoms with van der Waals surface area (Å²) in [7, 11) is 0. The van der Waals surface area contributed by atoms with Gasteiger partial charge in [-0.3, -0.25) is 9.78 Å². The van der Waals surface area contributed by atoms with Gasteiger partial charge in [-0.1, -0.05) is 25.7 Å². The highest BCUT2D eigenvalue weighted by Crippen LogP contribution is 2.41. The molecule has 0 radical (unpaired) electrons. The molecule has 1 saturated heterocycles. The second kappa shape index (κ2) is 6.47. The molecule has 1 N–H and O–H groups in total. The summed E-state index contributed by atoms with van der Waals surface area (Å²) in [6.45, 7) is 3.37. The Labute approximate surface area is 144 Å². The van der Waals surface area contributed by atoms with Gasteiger partial charge in [-0.25, -0.2) is 0 Å². The van der Waals surface area contributed by atoms with Crippen LogP contribution < -0.4 is 0 Å². The Bertz CT molecular complexity index is 620. The topological polar surface area (TPSA) is 53.4 Å². The normalized spacial score (nSPS) is 28.3. The van der Waals surface area contributed by atoms with Crippen LogP contribution in [0.15, 0.2) is 12.1 Å². The number of hydrogen-bond donors (Lipinski definition) is 1. The lowest BCUT2D eigenvalue weighted by Gasteiger charge is -2.39. The molecule has 0 unspecified atom stereocenters. The van der Waals surface area contributed by atoms with Gasteiger partial charge in [0.2, 0.25) is 0 Å². The average molecular weight is 328 g/mol. The maximum Gasteiger partial charge on any atom is 0.255 e. The van der Waals surface area contributed by atoms with Crippen LogP contribution in [0.1, 0.15) is 72.6 Å². The standard InChI is InChI=1S/C20H28N2O2/c1-13-6-9-16(19(21-13)15-7-8-15)20(24)22-11-10-18(23)17(12-22)14-4-2-3-5-14/h6,9,14-15,17-18,23H,2-5,7-8,10-12H2,1H3/t17-,18+/m1/s1. The highest BCUT2D eigenvalue weighted by Gasteiger charge is 2.38. The third-order valence-electron chi connectivity index (χ3n) is 6.17. The number of aliphatic hydroxyl groups excluding tert-OH is 1. The molecule has 130 valence electrons. The monoisotopic (exact) mass is 328 g/mol. The molecule has 4 heteroatoms. The van der Waals surface area contributed by atoms with E-state index < -0.39 is 0 Å². The Hall–Kier alpha value is -1.42. The first-order chi connectivity index (χ1) is 11.6. The number of carbonyl (C=O) groups excluding carboxylic acids is 1. The summed E-state index contributed by atoms with van der Waals surface area (Å²) >= 11 is 0. The predicted octanol–water partition coefficient (Wildman–Crippen LogP) is 3.28. The van der Waals surface area contributed by atoms with Crippen LogP contribution in [0.4, 0.5) is 0 Å². The molecule has 0 aromatic carbocycles. The fourth-order valence-corrected chi connectivity index (χ4v) is 4.60. The van der Waals surface area contributed by atoms with E-state index in [0.29, 0.717) is 31.3 Å². The summed E-state index contributed by atoms with van der Waals surface area (Å²) in [6.07, 6.45) is 7.75. The van der Waals surface area contributed by atoms with Crippen LogP contribution in [-0.4, -0.2) is 40.1 Å². The van der Waals surface area contributed by atoms with Crippen LogP contribution >= 0.6 is 0 Å². The van der Waals surface area contributed by atoms with Gasteiger partial charge in [0.1, 0.15) is 0 Å². The van der Waals surface area contributed by atoms with E-state index in [-0.39, 0.29) is 17.9 Å². The van der Waals surface area contributed by atoms with Gasteiger partial charge in [0.05, 0.1) is 17.4 Å². The van der Waals surface area contributed by atoms with Crippen molar-refractivity contribution in [3.05, 3.63) is 29.1 Å². The third-order valence-corrected chi connectivity index (χ3v) is 6.17. The van der Waals surface area contributed by atoms with Crippen LogP contribution in [0.3, 0.4) is 0 Å². The zero-order valence-corrected chi connectivity index (χ0v) is 14.6. The summed E-state index contributed by atoms with van der Waals surface area (Å²) in [6, 6.07) is 3.92. The Balaban J connectivity index is 1.54. The summed E-state index contributed by atoms with van der Waals surface area (Å²) in [5.41, 5.74) is 2.79. The molecule has 2 aliphatic carbocycles. The minimum absolute atomic E-state index is 0.124. The molecule has 3 fully saturated rings. The van der Waals surface area contributed by atoms with Crippen LogP contribution in [0.25, 0.3) is 0 Å². The van der Waals surface area contributed by atoms with Gasteiger partial charge in [-0.05, 0) is 44.2 Å². The maximum atomic E-state index is 13.1. The van der Waals surface area contributed by atoms with Crippen LogP contribution in [0.2, 0.25) is 0 Å². The minimum atomic E-state index is -0.240. The van der Waals surface area contributed by atoms with Crippen LogP contribution in [0, 0.1) is 18.8 Å². The number of aromatic nitrogens is 1. The maximum absolute atomic E-state index is 13.1. The van der Waals surface area contributed by atoms with Crippen molar-refractivity contribution in [3.63, 3.8) is 0 Å². The highest BCUT2D eigenvalue weighted by atomic mass is 16.3. The van der Waals surface area contributed by atoms with Gasteiger partial charge in [0, 0.05) is 30.6 Å². The van der Waals surface area contributed by atoms with Crippen LogP contribution in [-0.2, 0) is 0 Å². The number of aryl methyl sites for hydroxylation is 1. The van der Waals surface area contributed by atoms with Crippen molar-refractivity contribution in [2.24, 2.45) is 11.8 Å². The summed E-state index contributed by atoms with van der Waals surface area (Å²) < 4.78 is 0. The Morgan fingerprint density at radius 2 is 1.92 bits per heavy atom.